The van der Waals surface area contributed by atoms with Crippen LogP contribution in [0.25, 0.3) is 11.1 Å². The number of anilines is 1. The van der Waals surface area contributed by atoms with Crippen molar-refractivity contribution in [2.24, 2.45) is 0 Å². The highest BCUT2D eigenvalue weighted by Crippen LogP contribution is 2.31. The maximum Gasteiger partial charge on any atom is 0.153 e. The van der Waals surface area contributed by atoms with E-state index >= 15 is 0 Å². The standard InChI is InChI=1S/C13H17N3O/c1-4-10-12(13(14)16-15-10)9-5-6-11(17-3)8(2)7-9/h5-7H,4H2,1-3H3,(H3,14,15,16). The Morgan fingerprint density at radius 2 is 2.18 bits per heavy atom. The fourth-order valence-electron chi connectivity index (χ4n) is 2.01. The topological polar surface area (TPSA) is 63.9 Å². The second kappa shape index (κ2) is 4.49. The molecule has 0 aliphatic rings. The summed E-state index contributed by atoms with van der Waals surface area (Å²) in [5.74, 6) is 1.43. The molecular formula is C13H17N3O. The number of hydrogen-bond acceptors (Lipinski definition) is 3. The van der Waals surface area contributed by atoms with Gasteiger partial charge in [-0.15, -0.1) is 0 Å². The number of benzene rings is 1. The van der Waals surface area contributed by atoms with E-state index in [4.69, 9.17) is 10.5 Å². The van der Waals surface area contributed by atoms with Crippen LogP contribution in [0.4, 0.5) is 5.82 Å². The number of nitrogens with zero attached hydrogens (tertiary/aromatic N) is 1. The molecule has 0 fully saturated rings. The fraction of sp³-hybridized carbons (Fsp3) is 0.308. The molecule has 1 aromatic heterocycles. The highest BCUT2D eigenvalue weighted by molar-refractivity contribution is 5.77. The smallest absolute Gasteiger partial charge is 0.153 e. The zero-order valence-electron chi connectivity index (χ0n) is 10.4. The van der Waals surface area contributed by atoms with Gasteiger partial charge in [0.15, 0.2) is 5.82 Å². The Kier molecular flexibility index (Phi) is 3.04. The Balaban J connectivity index is 2.53. The minimum absolute atomic E-state index is 0.548. The van der Waals surface area contributed by atoms with Gasteiger partial charge in [0.1, 0.15) is 5.75 Å². The summed E-state index contributed by atoms with van der Waals surface area (Å²) >= 11 is 0. The maximum atomic E-state index is 5.90. The van der Waals surface area contributed by atoms with E-state index in [0.717, 1.165) is 34.6 Å². The first-order valence-electron chi connectivity index (χ1n) is 5.65. The van der Waals surface area contributed by atoms with Crippen LogP contribution in [-0.2, 0) is 6.42 Å². The molecule has 4 heteroatoms. The number of aromatic amines is 1. The van der Waals surface area contributed by atoms with Crippen molar-refractivity contribution in [1.82, 2.24) is 10.2 Å². The predicted molar refractivity (Wildman–Crippen MR) is 69.1 cm³/mol. The van der Waals surface area contributed by atoms with Gasteiger partial charge in [0.25, 0.3) is 0 Å². The molecule has 0 unspecified atom stereocenters. The molecule has 0 amide bonds. The van der Waals surface area contributed by atoms with Crippen molar-refractivity contribution < 1.29 is 4.74 Å². The lowest BCUT2D eigenvalue weighted by Gasteiger charge is -2.08. The lowest BCUT2D eigenvalue weighted by Crippen LogP contribution is -1.92. The zero-order chi connectivity index (χ0) is 12.4. The third kappa shape index (κ3) is 1.98. The number of ether oxygens (including phenoxy) is 1. The first kappa shape index (κ1) is 11.5. The van der Waals surface area contributed by atoms with Gasteiger partial charge in [0.05, 0.1) is 7.11 Å². The number of aryl methyl sites for hydroxylation is 2. The average Bonchev–Trinajstić information content (AvgIpc) is 2.70. The Hall–Kier alpha value is -1.97. The third-order valence-electron chi connectivity index (χ3n) is 2.91. The van der Waals surface area contributed by atoms with Crippen molar-refractivity contribution in [3.05, 3.63) is 29.5 Å². The largest absolute Gasteiger partial charge is 0.496 e. The zero-order valence-corrected chi connectivity index (χ0v) is 10.4. The molecule has 0 spiro atoms. The van der Waals surface area contributed by atoms with Gasteiger partial charge in [-0.05, 0) is 36.6 Å². The molecule has 2 rings (SSSR count). The maximum absolute atomic E-state index is 5.90. The molecule has 1 aromatic carbocycles. The number of nitrogens with one attached hydrogen (secondary N) is 1. The lowest BCUT2D eigenvalue weighted by molar-refractivity contribution is 0.412. The van der Waals surface area contributed by atoms with E-state index in [1.165, 1.54) is 0 Å². The van der Waals surface area contributed by atoms with Gasteiger partial charge in [-0.2, -0.15) is 5.10 Å². The number of nitrogen functional groups attached to an aromatic ring is 1. The second-order valence-corrected chi connectivity index (χ2v) is 4.00. The van der Waals surface area contributed by atoms with E-state index in [1.54, 1.807) is 7.11 Å². The number of methoxy groups -OCH3 is 1. The van der Waals surface area contributed by atoms with E-state index in [-0.39, 0.29) is 0 Å². The minimum atomic E-state index is 0.548. The molecular weight excluding hydrogens is 214 g/mol. The molecule has 4 nitrogen and oxygen atoms in total. The van der Waals surface area contributed by atoms with E-state index in [9.17, 15) is 0 Å². The molecule has 3 N–H and O–H groups in total. The first-order valence-corrected chi connectivity index (χ1v) is 5.65. The first-order chi connectivity index (χ1) is 8.17. The summed E-state index contributed by atoms with van der Waals surface area (Å²) in [6.45, 7) is 4.09. The molecule has 2 aromatic rings. The normalized spacial score (nSPS) is 10.5. The molecule has 0 aliphatic carbocycles. The van der Waals surface area contributed by atoms with Gasteiger partial charge in [-0.1, -0.05) is 13.0 Å². The molecule has 90 valence electrons. The third-order valence-corrected chi connectivity index (χ3v) is 2.91. The van der Waals surface area contributed by atoms with Crippen LogP contribution >= 0.6 is 0 Å². The predicted octanol–water partition coefficient (Wildman–Crippen LogP) is 2.54. The van der Waals surface area contributed by atoms with Gasteiger partial charge in [-0.25, -0.2) is 0 Å². The summed E-state index contributed by atoms with van der Waals surface area (Å²) in [4.78, 5) is 0. The SMILES string of the molecule is CCc1[nH]nc(N)c1-c1ccc(OC)c(C)c1. The van der Waals surface area contributed by atoms with Gasteiger partial charge in [0.2, 0.25) is 0 Å². The van der Waals surface area contributed by atoms with Crippen molar-refractivity contribution in [3.8, 4) is 16.9 Å². The average molecular weight is 231 g/mol. The highest BCUT2D eigenvalue weighted by atomic mass is 16.5. The van der Waals surface area contributed by atoms with Crippen LogP contribution in [0.15, 0.2) is 18.2 Å². The van der Waals surface area contributed by atoms with Crippen molar-refractivity contribution in [2.75, 3.05) is 12.8 Å². The quantitative estimate of drug-likeness (QED) is 0.853. The minimum Gasteiger partial charge on any atom is -0.496 e. The summed E-state index contributed by atoms with van der Waals surface area (Å²) in [5, 5.41) is 7.02. The van der Waals surface area contributed by atoms with E-state index in [0.29, 0.717) is 5.82 Å². The molecule has 0 radical (unpaired) electrons. The Morgan fingerprint density at radius 3 is 2.76 bits per heavy atom. The Labute approximate surface area is 101 Å². The van der Waals surface area contributed by atoms with Crippen molar-refractivity contribution in [1.29, 1.82) is 0 Å². The molecule has 0 saturated heterocycles. The molecule has 1 heterocycles. The van der Waals surface area contributed by atoms with E-state index in [1.807, 2.05) is 19.1 Å². The summed E-state index contributed by atoms with van der Waals surface area (Å²) < 4.78 is 5.25. The molecule has 0 bridgehead atoms. The van der Waals surface area contributed by atoms with Crippen LogP contribution in [-0.4, -0.2) is 17.3 Å². The van der Waals surface area contributed by atoms with Gasteiger partial charge < -0.3 is 10.5 Å². The number of aromatic nitrogens is 2. The number of H-pyrrole nitrogens is 1. The molecule has 17 heavy (non-hydrogen) atoms. The Morgan fingerprint density at radius 1 is 1.41 bits per heavy atom. The van der Waals surface area contributed by atoms with Crippen molar-refractivity contribution >= 4 is 5.82 Å². The van der Waals surface area contributed by atoms with Crippen LogP contribution in [0, 0.1) is 6.92 Å². The van der Waals surface area contributed by atoms with Gasteiger partial charge >= 0.3 is 0 Å². The number of hydrogen-bond donors (Lipinski definition) is 2. The van der Waals surface area contributed by atoms with Crippen LogP contribution in [0.3, 0.4) is 0 Å². The second-order valence-electron chi connectivity index (χ2n) is 4.00. The monoisotopic (exact) mass is 231 g/mol. The van der Waals surface area contributed by atoms with Crippen LogP contribution in [0.5, 0.6) is 5.75 Å². The summed E-state index contributed by atoms with van der Waals surface area (Å²) in [6, 6.07) is 6.03. The molecule has 0 atom stereocenters. The van der Waals surface area contributed by atoms with E-state index in [2.05, 4.69) is 23.2 Å². The van der Waals surface area contributed by atoms with Crippen LogP contribution < -0.4 is 10.5 Å². The van der Waals surface area contributed by atoms with Crippen LogP contribution in [0.2, 0.25) is 0 Å². The fourth-order valence-corrected chi connectivity index (χ4v) is 2.01. The van der Waals surface area contributed by atoms with Gasteiger partial charge in [-0.3, -0.25) is 5.10 Å². The molecule has 0 aliphatic heterocycles. The molecule has 0 saturated carbocycles. The van der Waals surface area contributed by atoms with Crippen molar-refractivity contribution in [3.63, 3.8) is 0 Å². The Bertz CT molecular complexity index is 531. The number of nitrogens with two attached hydrogens (primary N) is 1. The lowest BCUT2D eigenvalue weighted by atomic mass is 10.0. The van der Waals surface area contributed by atoms with Crippen LogP contribution in [0.1, 0.15) is 18.2 Å². The van der Waals surface area contributed by atoms with Crippen molar-refractivity contribution in [2.45, 2.75) is 20.3 Å². The summed E-state index contributed by atoms with van der Waals surface area (Å²) in [5.41, 5.74) is 10.1. The number of rotatable bonds is 3. The summed E-state index contributed by atoms with van der Waals surface area (Å²) in [6.07, 6.45) is 0.880. The highest BCUT2D eigenvalue weighted by Gasteiger charge is 2.12. The summed E-state index contributed by atoms with van der Waals surface area (Å²) in [7, 11) is 1.67. The van der Waals surface area contributed by atoms with Gasteiger partial charge in [0, 0.05) is 11.3 Å². The van der Waals surface area contributed by atoms with E-state index < -0.39 is 0 Å².